The Kier molecular flexibility index (Phi) is 6.52. The number of esters is 1. The van der Waals surface area contributed by atoms with Crippen molar-refractivity contribution in [1.82, 2.24) is 15.5 Å². The number of nitrogens with one attached hydrogen (secondary N) is 2. The molecule has 0 radical (unpaired) electrons. The number of Topliss-reactive ketones (excluding diaryl/α,β-unsaturated/α-hetero) is 1. The van der Waals surface area contributed by atoms with Gasteiger partial charge in [0.05, 0.1) is 7.11 Å². The van der Waals surface area contributed by atoms with Crippen LogP contribution in [0, 0.1) is 23.2 Å². The molecule has 0 spiro atoms. The largest absolute Gasteiger partial charge is 0.463 e. The minimum absolute atomic E-state index is 0.0742. The third-order valence-corrected chi connectivity index (χ3v) is 7.28. The Balaban J connectivity index is 1.79. The molecule has 190 valence electrons. The van der Waals surface area contributed by atoms with Gasteiger partial charge in [0, 0.05) is 6.54 Å². The van der Waals surface area contributed by atoms with Gasteiger partial charge in [-0.1, -0.05) is 27.7 Å². The number of ether oxygens (including phenoxy) is 2. The first-order valence-electron chi connectivity index (χ1n) is 11.8. The Hall–Kier alpha value is -2.65. The molecule has 1 unspecified atom stereocenters. The number of methoxy groups -OCH3 is 1. The first-order chi connectivity index (χ1) is 15.6. The Labute approximate surface area is 200 Å². The maximum absolute atomic E-state index is 13.6. The number of alkyl carbamates (subject to hydrolysis) is 1. The second-order valence-corrected chi connectivity index (χ2v) is 11.6. The van der Waals surface area contributed by atoms with Gasteiger partial charge in [0.25, 0.3) is 5.78 Å². The molecule has 1 heterocycles. The molecule has 1 saturated heterocycles. The first-order valence-corrected chi connectivity index (χ1v) is 11.8. The van der Waals surface area contributed by atoms with Gasteiger partial charge < -0.3 is 25.0 Å². The molecule has 3 amide bonds. The summed E-state index contributed by atoms with van der Waals surface area (Å²) in [7, 11) is 1.12. The lowest BCUT2D eigenvalue weighted by molar-refractivity contribution is -0.154. The van der Waals surface area contributed by atoms with E-state index in [1.165, 1.54) is 4.90 Å². The third-order valence-electron chi connectivity index (χ3n) is 7.28. The van der Waals surface area contributed by atoms with E-state index in [-0.39, 0.29) is 29.1 Å². The van der Waals surface area contributed by atoms with Crippen LogP contribution in [0.3, 0.4) is 0 Å². The summed E-state index contributed by atoms with van der Waals surface area (Å²) in [6.07, 6.45) is -0.00918. The van der Waals surface area contributed by atoms with Crippen LogP contribution in [0.4, 0.5) is 4.79 Å². The fourth-order valence-electron chi connectivity index (χ4n) is 5.07. The van der Waals surface area contributed by atoms with E-state index in [0.29, 0.717) is 19.4 Å². The number of nitrogens with zero attached hydrogens (tertiary/aromatic N) is 1. The molecule has 0 aromatic rings. The average molecular weight is 480 g/mol. The second-order valence-electron chi connectivity index (χ2n) is 11.6. The van der Waals surface area contributed by atoms with Crippen LogP contribution in [0.15, 0.2) is 0 Å². The first kappa shape index (κ1) is 26.0. The maximum Gasteiger partial charge on any atom is 0.408 e. The molecule has 1 aliphatic heterocycles. The van der Waals surface area contributed by atoms with E-state index < -0.39 is 47.0 Å². The number of hydrogen-bond donors (Lipinski definition) is 2. The number of likely N-dealkylation sites (tertiary alicyclic amines) is 1. The second kappa shape index (κ2) is 8.53. The summed E-state index contributed by atoms with van der Waals surface area (Å²) in [4.78, 5) is 65.1. The molecule has 2 aliphatic carbocycles. The topological polar surface area (TPSA) is 131 Å². The zero-order valence-corrected chi connectivity index (χ0v) is 21.3. The predicted octanol–water partition coefficient (Wildman–Crippen LogP) is 1.41. The van der Waals surface area contributed by atoms with E-state index >= 15 is 0 Å². The van der Waals surface area contributed by atoms with Crippen molar-refractivity contribution >= 4 is 29.7 Å². The van der Waals surface area contributed by atoms with Gasteiger partial charge >= 0.3 is 12.1 Å². The van der Waals surface area contributed by atoms with Crippen molar-refractivity contribution < 1.29 is 33.4 Å². The van der Waals surface area contributed by atoms with Crippen LogP contribution in [-0.4, -0.2) is 71.4 Å². The van der Waals surface area contributed by atoms with Gasteiger partial charge in [-0.15, -0.1) is 0 Å². The van der Waals surface area contributed by atoms with Crippen LogP contribution in [0.25, 0.3) is 0 Å². The Bertz CT molecular complexity index is 901. The van der Waals surface area contributed by atoms with E-state index in [1.54, 1.807) is 20.8 Å². The van der Waals surface area contributed by atoms with E-state index in [2.05, 4.69) is 29.2 Å². The molecule has 0 aromatic heterocycles. The summed E-state index contributed by atoms with van der Waals surface area (Å²) in [6, 6.07) is -1.67. The molecule has 2 N–H and O–H groups in total. The van der Waals surface area contributed by atoms with Gasteiger partial charge in [-0.05, 0) is 56.8 Å². The molecule has 3 aliphatic rings. The lowest BCUT2D eigenvalue weighted by Crippen LogP contribution is -2.59. The Morgan fingerprint density at radius 1 is 1.06 bits per heavy atom. The minimum Gasteiger partial charge on any atom is -0.463 e. The van der Waals surface area contributed by atoms with Crippen LogP contribution >= 0.6 is 0 Å². The number of rotatable bonds is 7. The van der Waals surface area contributed by atoms with Crippen molar-refractivity contribution in [1.29, 1.82) is 0 Å². The molecule has 10 heteroatoms. The van der Waals surface area contributed by atoms with Crippen LogP contribution < -0.4 is 10.6 Å². The summed E-state index contributed by atoms with van der Waals surface area (Å²) < 4.78 is 9.86. The van der Waals surface area contributed by atoms with Gasteiger partial charge in [-0.25, -0.2) is 9.59 Å². The number of amides is 3. The lowest BCUT2D eigenvalue weighted by atomic mass is 9.97. The predicted molar refractivity (Wildman–Crippen MR) is 121 cm³/mol. The van der Waals surface area contributed by atoms with Crippen molar-refractivity contribution in [3.05, 3.63) is 0 Å². The van der Waals surface area contributed by atoms with E-state index in [9.17, 15) is 24.0 Å². The van der Waals surface area contributed by atoms with Crippen LogP contribution in [0.5, 0.6) is 0 Å². The van der Waals surface area contributed by atoms with Crippen molar-refractivity contribution in [3.63, 3.8) is 0 Å². The van der Waals surface area contributed by atoms with Gasteiger partial charge in [0.1, 0.15) is 23.2 Å². The molecule has 3 fully saturated rings. The van der Waals surface area contributed by atoms with E-state index in [0.717, 1.165) is 7.11 Å². The van der Waals surface area contributed by atoms with E-state index in [4.69, 9.17) is 4.74 Å². The fourth-order valence-corrected chi connectivity index (χ4v) is 5.07. The summed E-state index contributed by atoms with van der Waals surface area (Å²) >= 11 is 0. The highest BCUT2D eigenvalue weighted by molar-refractivity contribution is 6.38. The molecular formula is C24H37N3O7. The maximum atomic E-state index is 13.6. The molecule has 2 saturated carbocycles. The van der Waals surface area contributed by atoms with Crippen molar-refractivity contribution in [3.8, 4) is 0 Å². The van der Waals surface area contributed by atoms with Crippen molar-refractivity contribution in [2.45, 2.75) is 84.5 Å². The standard InChI is InChI=1S/C24H37N3O7/c1-12(2)15(25-21(32)34-22(3,4)5)19(30)27-11-13-14(23(13,6)7)16(27)18(29)26-24(9-10-24)17(28)20(31)33-8/h12-16H,9-11H2,1-8H3,(H,25,32)(H,26,29)/t13?,14-,15-,16-/m0/s1. The number of fused-ring (bicyclic) bond motifs is 1. The smallest absolute Gasteiger partial charge is 0.408 e. The zero-order valence-electron chi connectivity index (χ0n) is 21.3. The number of ketones is 1. The number of carbonyl (C=O) groups excluding carboxylic acids is 5. The molecular weight excluding hydrogens is 442 g/mol. The van der Waals surface area contributed by atoms with Gasteiger partial charge in [-0.3, -0.25) is 14.4 Å². The number of piperidine rings is 1. The van der Waals surface area contributed by atoms with Crippen molar-refractivity contribution in [2.75, 3.05) is 13.7 Å². The minimum atomic E-state index is -1.26. The SMILES string of the molecule is COC(=O)C(=O)C1(NC(=O)[C@@H]2[C@@H]3C(CN2C(=O)[C@@H](NC(=O)OC(C)(C)C)C(C)C)C3(C)C)CC1. The van der Waals surface area contributed by atoms with Gasteiger partial charge in [0.15, 0.2) is 0 Å². The van der Waals surface area contributed by atoms with Crippen molar-refractivity contribution in [2.24, 2.45) is 23.2 Å². The summed E-state index contributed by atoms with van der Waals surface area (Å²) in [5, 5.41) is 5.41. The van der Waals surface area contributed by atoms with Gasteiger partial charge in [-0.2, -0.15) is 0 Å². The van der Waals surface area contributed by atoms with Crippen LogP contribution in [0.1, 0.15) is 61.3 Å². The fraction of sp³-hybridized carbons (Fsp3) is 0.792. The molecule has 34 heavy (non-hydrogen) atoms. The monoisotopic (exact) mass is 479 g/mol. The van der Waals surface area contributed by atoms with E-state index in [1.807, 2.05) is 13.8 Å². The number of carbonyl (C=O) groups is 5. The number of hydrogen-bond acceptors (Lipinski definition) is 7. The highest BCUT2D eigenvalue weighted by atomic mass is 16.6. The summed E-state index contributed by atoms with van der Waals surface area (Å²) in [5.41, 5.74) is -2.11. The Morgan fingerprint density at radius 2 is 1.65 bits per heavy atom. The third kappa shape index (κ3) is 4.77. The summed E-state index contributed by atoms with van der Waals surface area (Å²) in [5.74, 6) is -2.79. The molecule has 10 nitrogen and oxygen atoms in total. The lowest BCUT2D eigenvalue weighted by Gasteiger charge is -2.35. The molecule has 4 atom stereocenters. The quantitative estimate of drug-likeness (QED) is 0.417. The highest BCUT2D eigenvalue weighted by Crippen LogP contribution is 2.65. The average Bonchev–Trinajstić information content (AvgIpc) is 3.52. The molecule has 0 bridgehead atoms. The molecule has 3 rings (SSSR count). The highest BCUT2D eigenvalue weighted by Gasteiger charge is 2.70. The van der Waals surface area contributed by atoms with Gasteiger partial charge in [0.2, 0.25) is 11.8 Å². The van der Waals surface area contributed by atoms with Crippen LogP contribution in [-0.2, 0) is 28.7 Å². The van der Waals surface area contributed by atoms with Crippen LogP contribution in [0.2, 0.25) is 0 Å². The molecule has 0 aromatic carbocycles. The zero-order chi connectivity index (χ0) is 25.8. The normalized spacial score (nSPS) is 26.7. The summed E-state index contributed by atoms with van der Waals surface area (Å²) in [6.45, 7) is 13.3. The Morgan fingerprint density at radius 3 is 2.12 bits per heavy atom.